The third-order valence-electron chi connectivity index (χ3n) is 4.22. The molecule has 1 saturated heterocycles. The molecule has 1 aliphatic rings. The Hall–Kier alpha value is -2.08. The molecule has 2 rings (SSSR count). The highest BCUT2D eigenvalue weighted by Crippen LogP contribution is 2.10. The predicted octanol–water partition coefficient (Wildman–Crippen LogP) is 2.38. The third kappa shape index (κ3) is 6.58. The van der Waals surface area contributed by atoms with Crippen LogP contribution in [0.25, 0.3) is 0 Å². The molecule has 0 unspecified atom stereocenters. The highest BCUT2D eigenvalue weighted by atomic mass is 16.1. The van der Waals surface area contributed by atoms with Crippen molar-refractivity contribution in [1.82, 2.24) is 9.88 Å². The van der Waals surface area contributed by atoms with Crippen LogP contribution >= 0.6 is 0 Å². The Kier molecular flexibility index (Phi) is 7.55. The van der Waals surface area contributed by atoms with Gasteiger partial charge in [0.1, 0.15) is 5.84 Å². The molecule has 0 radical (unpaired) electrons. The number of unbranched alkanes of at least 4 members (excludes halogenated alkanes) is 1. The van der Waals surface area contributed by atoms with Crippen LogP contribution in [-0.4, -0.2) is 47.0 Å². The molecule has 0 spiro atoms. The smallest absolute Gasteiger partial charge is 0.247 e. The van der Waals surface area contributed by atoms with Crippen molar-refractivity contribution in [3.63, 3.8) is 0 Å². The van der Waals surface area contributed by atoms with Crippen molar-refractivity contribution in [1.29, 1.82) is 5.41 Å². The number of amides is 1. The first-order valence-corrected chi connectivity index (χ1v) is 8.71. The molecular weight excluding hydrogens is 302 g/mol. The zero-order chi connectivity index (χ0) is 17.2. The number of carbonyl (C=O) groups excluding carboxylic acids is 1. The van der Waals surface area contributed by atoms with Gasteiger partial charge in [0, 0.05) is 30.9 Å². The summed E-state index contributed by atoms with van der Waals surface area (Å²) in [6.45, 7) is 3.45. The molecule has 6 nitrogen and oxygen atoms in total. The molecule has 1 amide bonds. The van der Waals surface area contributed by atoms with Crippen molar-refractivity contribution in [3.8, 4) is 0 Å². The van der Waals surface area contributed by atoms with E-state index in [4.69, 9.17) is 11.1 Å². The normalized spacial score (nSPS) is 16.1. The molecule has 24 heavy (non-hydrogen) atoms. The fraction of sp³-hybridized carbons (Fsp3) is 0.556. The van der Waals surface area contributed by atoms with Crippen LogP contribution in [0.1, 0.15) is 50.5 Å². The number of nitrogens with zero attached hydrogens (tertiary/aromatic N) is 3. The second kappa shape index (κ2) is 9.93. The lowest BCUT2D eigenvalue weighted by Crippen LogP contribution is -2.30. The number of rotatable bonds is 8. The summed E-state index contributed by atoms with van der Waals surface area (Å²) < 4.78 is 0. The Balaban J connectivity index is 1.66. The molecule has 0 bridgehead atoms. The summed E-state index contributed by atoms with van der Waals surface area (Å²) in [5.41, 5.74) is 6.89. The van der Waals surface area contributed by atoms with Crippen molar-refractivity contribution in [2.45, 2.75) is 44.9 Å². The molecular formula is C18H27N5O. The maximum Gasteiger partial charge on any atom is 0.247 e. The number of carbonyl (C=O) groups is 1. The van der Waals surface area contributed by atoms with E-state index in [1.54, 1.807) is 24.5 Å². The van der Waals surface area contributed by atoms with E-state index >= 15 is 0 Å². The van der Waals surface area contributed by atoms with Gasteiger partial charge < -0.3 is 16.0 Å². The SMILES string of the molecule is N=C(CC(N)=NC(=O)CCCCN1CCCCC1)c1ccncc1. The summed E-state index contributed by atoms with van der Waals surface area (Å²) in [4.78, 5) is 22.2. The molecule has 0 saturated carbocycles. The van der Waals surface area contributed by atoms with E-state index < -0.39 is 0 Å². The third-order valence-corrected chi connectivity index (χ3v) is 4.22. The average molecular weight is 329 g/mol. The maximum absolute atomic E-state index is 11.9. The summed E-state index contributed by atoms with van der Waals surface area (Å²) in [5.74, 6) is 0.0199. The van der Waals surface area contributed by atoms with Gasteiger partial charge in [0.05, 0.1) is 0 Å². The second-order valence-corrected chi connectivity index (χ2v) is 6.25. The largest absolute Gasteiger partial charge is 0.387 e. The van der Waals surface area contributed by atoms with E-state index in [1.165, 1.54) is 32.4 Å². The van der Waals surface area contributed by atoms with Gasteiger partial charge >= 0.3 is 0 Å². The first-order valence-electron chi connectivity index (χ1n) is 8.71. The van der Waals surface area contributed by atoms with E-state index in [2.05, 4.69) is 14.9 Å². The first kappa shape index (κ1) is 18.3. The van der Waals surface area contributed by atoms with Gasteiger partial charge in [-0.25, -0.2) is 4.99 Å². The average Bonchev–Trinajstić information content (AvgIpc) is 2.60. The van der Waals surface area contributed by atoms with E-state index in [0.29, 0.717) is 12.1 Å². The Bertz CT molecular complexity index is 564. The number of aromatic nitrogens is 1. The summed E-state index contributed by atoms with van der Waals surface area (Å²) in [7, 11) is 0. The molecule has 130 valence electrons. The van der Waals surface area contributed by atoms with Crippen LogP contribution < -0.4 is 5.73 Å². The number of nitrogens with one attached hydrogen (secondary N) is 1. The minimum atomic E-state index is -0.186. The molecule has 1 aliphatic heterocycles. The van der Waals surface area contributed by atoms with Gasteiger partial charge in [0.2, 0.25) is 5.91 Å². The van der Waals surface area contributed by atoms with E-state index in [0.717, 1.165) is 24.9 Å². The number of piperidine rings is 1. The number of hydrogen-bond acceptors (Lipinski definition) is 4. The van der Waals surface area contributed by atoms with E-state index in [9.17, 15) is 4.79 Å². The molecule has 6 heteroatoms. The fourth-order valence-electron chi connectivity index (χ4n) is 2.89. The summed E-state index contributed by atoms with van der Waals surface area (Å²) >= 11 is 0. The van der Waals surface area contributed by atoms with Crippen LogP contribution in [0.15, 0.2) is 29.5 Å². The summed E-state index contributed by atoms with van der Waals surface area (Å²) in [6, 6.07) is 3.50. The monoisotopic (exact) mass is 329 g/mol. The standard InChI is InChI=1S/C18H27N5O/c19-16(15-7-9-21-10-8-15)14-17(20)22-18(24)6-2-5-13-23-11-3-1-4-12-23/h7-10,19H,1-6,11-14H2,(H2,20,22,24). The Morgan fingerprint density at radius 1 is 1.21 bits per heavy atom. The van der Waals surface area contributed by atoms with Crippen molar-refractivity contribution in [2.75, 3.05) is 19.6 Å². The molecule has 0 aliphatic carbocycles. The van der Waals surface area contributed by atoms with Crippen molar-refractivity contribution >= 4 is 17.5 Å². The molecule has 3 N–H and O–H groups in total. The van der Waals surface area contributed by atoms with Crippen LogP contribution in [0.4, 0.5) is 0 Å². The highest BCUT2D eigenvalue weighted by Gasteiger charge is 2.10. The van der Waals surface area contributed by atoms with Gasteiger partial charge in [0.25, 0.3) is 0 Å². The number of amidine groups is 1. The first-order chi connectivity index (χ1) is 11.6. The molecule has 2 heterocycles. The Morgan fingerprint density at radius 2 is 1.92 bits per heavy atom. The Labute approximate surface area is 143 Å². The molecule has 0 atom stereocenters. The fourth-order valence-corrected chi connectivity index (χ4v) is 2.89. The number of aliphatic imine (C=N–C) groups is 1. The van der Waals surface area contributed by atoms with Crippen molar-refractivity contribution < 1.29 is 4.79 Å². The van der Waals surface area contributed by atoms with Crippen LogP contribution in [0.5, 0.6) is 0 Å². The quantitative estimate of drug-likeness (QED) is 0.435. The number of hydrogen-bond donors (Lipinski definition) is 2. The van der Waals surface area contributed by atoms with Crippen LogP contribution in [-0.2, 0) is 4.79 Å². The van der Waals surface area contributed by atoms with E-state index in [1.807, 2.05) is 0 Å². The molecule has 1 fully saturated rings. The van der Waals surface area contributed by atoms with Crippen molar-refractivity contribution in [3.05, 3.63) is 30.1 Å². The van der Waals surface area contributed by atoms with Gasteiger partial charge in [0.15, 0.2) is 0 Å². The van der Waals surface area contributed by atoms with Gasteiger partial charge in [-0.15, -0.1) is 0 Å². The lowest BCUT2D eigenvalue weighted by atomic mass is 10.1. The maximum atomic E-state index is 11.9. The van der Waals surface area contributed by atoms with Crippen LogP contribution in [0.2, 0.25) is 0 Å². The minimum absolute atomic E-state index is 0.184. The van der Waals surface area contributed by atoms with E-state index in [-0.39, 0.29) is 18.2 Å². The summed E-state index contributed by atoms with van der Waals surface area (Å²) in [5, 5.41) is 7.98. The van der Waals surface area contributed by atoms with Crippen LogP contribution in [0, 0.1) is 5.41 Å². The molecule has 0 aromatic carbocycles. The number of pyridine rings is 1. The number of nitrogens with two attached hydrogens (primary N) is 1. The topological polar surface area (TPSA) is 95.4 Å². The van der Waals surface area contributed by atoms with Crippen molar-refractivity contribution in [2.24, 2.45) is 10.7 Å². The van der Waals surface area contributed by atoms with Gasteiger partial charge in [-0.05, 0) is 63.0 Å². The second-order valence-electron chi connectivity index (χ2n) is 6.25. The predicted molar refractivity (Wildman–Crippen MR) is 96.5 cm³/mol. The van der Waals surface area contributed by atoms with Gasteiger partial charge in [-0.3, -0.25) is 9.78 Å². The molecule has 1 aromatic heterocycles. The lowest BCUT2D eigenvalue weighted by molar-refractivity contribution is -0.117. The Morgan fingerprint density at radius 3 is 2.62 bits per heavy atom. The minimum Gasteiger partial charge on any atom is -0.387 e. The summed E-state index contributed by atoms with van der Waals surface area (Å²) in [6.07, 6.45) is 9.67. The number of likely N-dealkylation sites (tertiary alicyclic amines) is 1. The lowest BCUT2D eigenvalue weighted by Gasteiger charge is -2.26. The van der Waals surface area contributed by atoms with Gasteiger partial charge in [-0.1, -0.05) is 6.42 Å². The highest BCUT2D eigenvalue weighted by molar-refractivity contribution is 6.11. The zero-order valence-electron chi connectivity index (χ0n) is 14.2. The molecule has 1 aromatic rings. The zero-order valence-corrected chi connectivity index (χ0v) is 14.2. The van der Waals surface area contributed by atoms with Gasteiger partial charge in [-0.2, -0.15) is 0 Å². The van der Waals surface area contributed by atoms with Crippen LogP contribution in [0.3, 0.4) is 0 Å².